The number of hydrogen-bond donors (Lipinski definition) is 1. The highest BCUT2D eigenvalue weighted by Crippen LogP contribution is 2.33. The highest BCUT2D eigenvalue weighted by molar-refractivity contribution is 6.33. The molecule has 2 rings (SSSR count). The fourth-order valence-corrected chi connectivity index (χ4v) is 1.68. The number of carboxylic acid groups (broad SMARTS) is 1. The summed E-state index contributed by atoms with van der Waals surface area (Å²) in [6, 6.07) is 4.13. The molecule has 20 heavy (non-hydrogen) atoms. The number of aromatic nitrogens is 2. The van der Waals surface area contributed by atoms with Gasteiger partial charge < -0.3 is 14.6 Å². The minimum absolute atomic E-state index is 0.0497. The van der Waals surface area contributed by atoms with E-state index in [2.05, 4.69) is 9.97 Å². The fraction of sp³-hybridized carbons (Fsp3) is 0.0833. The highest BCUT2D eigenvalue weighted by atomic mass is 35.5. The van der Waals surface area contributed by atoms with Gasteiger partial charge in [0, 0.05) is 0 Å². The van der Waals surface area contributed by atoms with Crippen molar-refractivity contribution in [1.29, 1.82) is 0 Å². The van der Waals surface area contributed by atoms with Gasteiger partial charge in [0.25, 0.3) is 0 Å². The zero-order valence-electron chi connectivity index (χ0n) is 10.1. The van der Waals surface area contributed by atoms with Crippen molar-refractivity contribution in [2.75, 3.05) is 7.11 Å². The Morgan fingerprint density at radius 2 is 2.05 bits per heavy atom. The first-order valence-electron chi connectivity index (χ1n) is 5.28. The number of carboxylic acids is 1. The van der Waals surface area contributed by atoms with Gasteiger partial charge >= 0.3 is 12.0 Å². The van der Waals surface area contributed by atoms with E-state index in [1.165, 1.54) is 31.5 Å². The molecule has 0 spiro atoms. The van der Waals surface area contributed by atoms with Crippen LogP contribution in [0.15, 0.2) is 24.4 Å². The molecule has 0 aliphatic heterocycles. The molecule has 0 aliphatic rings. The summed E-state index contributed by atoms with van der Waals surface area (Å²) < 4.78 is 10.3. The molecule has 0 saturated carbocycles. The second-order valence-corrected chi connectivity index (χ2v) is 4.38. The molecular formula is C12H8Cl2N2O4. The molecule has 0 radical (unpaired) electrons. The fourth-order valence-electron chi connectivity index (χ4n) is 1.33. The van der Waals surface area contributed by atoms with E-state index in [4.69, 9.17) is 37.8 Å². The van der Waals surface area contributed by atoms with Gasteiger partial charge in [0.1, 0.15) is 10.8 Å². The zero-order valence-corrected chi connectivity index (χ0v) is 11.6. The second-order valence-electron chi connectivity index (χ2n) is 3.56. The van der Waals surface area contributed by atoms with E-state index >= 15 is 0 Å². The van der Waals surface area contributed by atoms with Crippen molar-refractivity contribution in [2.45, 2.75) is 0 Å². The predicted octanol–water partition coefficient (Wildman–Crippen LogP) is 3.28. The minimum atomic E-state index is -1.08. The predicted molar refractivity (Wildman–Crippen MR) is 72.1 cm³/mol. The molecule has 6 nitrogen and oxygen atoms in total. The number of methoxy groups -OCH3 is 1. The van der Waals surface area contributed by atoms with Crippen LogP contribution in [0.4, 0.5) is 0 Å². The molecule has 0 unspecified atom stereocenters. The summed E-state index contributed by atoms with van der Waals surface area (Å²) in [4.78, 5) is 18.5. The van der Waals surface area contributed by atoms with E-state index in [-0.39, 0.29) is 33.2 Å². The normalized spacial score (nSPS) is 10.2. The molecule has 1 aromatic heterocycles. The topological polar surface area (TPSA) is 81.5 Å². The summed E-state index contributed by atoms with van der Waals surface area (Å²) in [7, 11) is 1.40. The molecule has 0 atom stereocenters. The third-order valence-electron chi connectivity index (χ3n) is 2.26. The van der Waals surface area contributed by atoms with Gasteiger partial charge in [0.15, 0.2) is 0 Å². The quantitative estimate of drug-likeness (QED) is 0.932. The van der Waals surface area contributed by atoms with Crippen LogP contribution in [0.25, 0.3) is 0 Å². The Morgan fingerprint density at radius 1 is 1.30 bits per heavy atom. The lowest BCUT2D eigenvalue weighted by Crippen LogP contribution is -1.98. The minimum Gasteiger partial charge on any atom is -0.478 e. The molecular weight excluding hydrogens is 307 g/mol. The molecule has 8 heteroatoms. The summed E-state index contributed by atoms with van der Waals surface area (Å²) in [6.45, 7) is 0. The van der Waals surface area contributed by atoms with Gasteiger partial charge in [-0.15, -0.1) is 0 Å². The largest absolute Gasteiger partial charge is 0.478 e. The van der Waals surface area contributed by atoms with Crippen molar-refractivity contribution >= 4 is 29.2 Å². The Kier molecular flexibility index (Phi) is 4.26. The van der Waals surface area contributed by atoms with E-state index in [1.807, 2.05) is 0 Å². The van der Waals surface area contributed by atoms with Crippen LogP contribution < -0.4 is 9.47 Å². The Bertz CT molecular complexity index is 664. The molecule has 1 N–H and O–H groups in total. The first-order chi connectivity index (χ1) is 9.51. The molecule has 2 aromatic rings. The van der Waals surface area contributed by atoms with Crippen molar-refractivity contribution in [3.8, 4) is 17.6 Å². The van der Waals surface area contributed by atoms with E-state index < -0.39 is 5.97 Å². The Balaban J connectivity index is 2.32. The summed E-state index contributed by atoms with van der Waals surface area (Å²) >= 11 is 11.8. The van der Waals surface area contributed by atoms with Gasteiger partial charge in [-0.25, -0.2) is 9.78 Å². The van der Waals surface area contributed by atoms with E-state index in [1.54, 1.807) is 0 Å². The Morgan fingerprint density at radius 3 is 2.65 bits per heavy atom. The van der Waals surface area contributed by atoms with E-state index in [0.717, 1.165) is 0 Å². The summed E-state index contributed by atoms with van der Waals surface area (Å²) in [5.41, 5.74) is 0.0497. The lowest BCUT2D eigenvalue weighted by molar-refractivity contribution is 0.0697. The summed E-state index contributed by atoms with van der Waals surface area (Å²) in [6.07, 6.45) is 1.32. The molecule has 0 amide bonds. The maximum absolute atomic E-state index is 10.8. The van der Waals surface area contributed by atoms with Crippen LogP contribution in [0, 0.1) is 0 Å². The SMILES string of the molecule is COc1ncc(Cl)c(Oc2ccc(C(=O)O)cc2Cl)n1. The number of hydrogen-bond acceptors (Lipinski definition) is 5. The third kappa shape index (κ3) is 3.09. The monoisotopic (exact) mass is 314 g/mol. The van der Waals surface area contributed by atoms with Gasteiger partial charge in [-0.2, -0.15) is 4.98 Å². The smallest absolute Gasteiger partial charge is 0.335 e. The number of nitrogens with zero attached hydrogens (tertiary/aromatic N) is 2. The van der Waals surface area contributed by atoms with Crippen LogP contribution in [0.2, 0.25) is 10.0 Å². The molecule has 0 fully saturated rings. The van der Waals surface area contributed by atoms with Gasteiger partial charge in [-0.05, 0) is 18.2 Å². The van der Waals surface area contributed by atoms with Crippen LogP contribution >= 0.6 is 23.2 Å². The van der Waals surface area contributed by atoms with Crippen molar-refractivity contribution in [1.82, 2.24) is 9.97 Å². The lowest BCUT2D eigenvalue weighted by atomic mass is 10.2. The van der Waals surface area contributed by atoms with Gasteiger partial charge in [-0.1, -0.05) is 23.2 Å². The van der Waals surface area contributed by atoms with Gasteiger partial charge in [0.05, 0.1) is 23.9 Å². The summed E-state index contributed by atoms with van der Waals surface area (Å²) in [5.74, 6) is -0.803. The number of carbonyl (C=O) groups is 1. The first kappa shape index (κ1) is 14.4. The van der Waals surface area contributed by atoms with E-state index in [9.17, 15) is 4.79 Å². The van der Waals surface area contributed by atoms with Crippen LogP contribution in [0.3, 0.4) is 0 Å². The number of halogens is 2. The molecule has 0 saturated heterocycles. The average Bonchev–Trinajstić information content (AvgIpc) is 2.43. The van der Waals surface area contributed by atoms with Crippen molar-refractivity contribution in [2.24, 2.45) is 0 Å². The van der Waals surface area contributed by atoms with Crippen LogP contribution in [0.1, 0.15) is 10.4 Å². The first-order valence-corrected chi connectivity index (χ1v) is 6.04. The molecule has 0 aliphatic carbocycles. The maximum Gasteiger partial charge on any atom is 0.335 e. The standard InChI is InChI=1S/C12H8Cl2N2O4/c1-19-12-15-5-8(14)10(16-12)20-9-3-2-6(11(17)18)4-7(9)13/h2-5H,1H3,(H,17,18). The Labute approximate surface area is 123 Å². The second kappa shape index (κ2) is 5.94. The highest BCUT2D eigenvalue weighted by Gasteiger charge is 2.12. The van der Waals surface area contributed by atoms with Crippen molar-refractivity contribution in [3.05, 3.63) is 40.0 Å². The lowest BCUT2D eigenvalue weighted by Gasteiger charge is -2.09. The summed E-state index contributed by atoms with van der Waals surface area (Å²) in [5, 5.41) is 9.14. The number of ether oxygens (including phenoxy) is 2. The van der Waals surface area contributed by atoms with Gasteiger partial charge in [-0.3, -0.25) is 0 Å². The zero-order chi connectivity index (χ0) is 14.7. The molecule has 0 bridgehead atoms. The van der Waals surface area contributed by atoms with Crippen LogP contribution in [0.5, 0.6) is 17.6 Å². The number of benzene rings is 1. The van der Waals surface area contributed by atoms with Crippen LogP contribution in [-0.2, 0) is 0 Å². The number of aromatic carboxylic acids is 1. The Hall–Kier alpha value is -2.05. The van der Waals surface area contributed by atoms with Crippen LogP contribution in [-0.4, -0.2) is 28.2 Å². The van der Waals surface area contributed by atoms with Crippen molar-refractivity contribution in [3.63, 3.8) is 0 Å². The maximum atomic E-state index is 10.8. The third-order valence-corrected chi connectivity index (χ3v) is 2.81. The van der Waals surface area contributed by atoms with E-state index in [0.29, 0.717) is 0 Å². The number of rotatable bonds is 4. The molecule has 1 heterocycles. The van der Waals surface area contributed by atoms with Crippen molar-refractivity contribution < 1.29 is 19.4 Å². The average molecular weight is 315 g/mol. The van der Waals surface area contributed by atoms with Gasteiger partial charge in [0.2, 0.25) is 5.88 Å². The molecule has 1 aromatic carbocycles. The molecule has 104 valence electrons.